The van der Waals surface area contributed by atoms with Crippen molar-refractivity contribution >= 4 is 17.8 Å². The van der Waals surface area contributed by atoms with Gasteiger partial charge >= 0.3 is 17.1 Å². The maximum Gasteiger partial charge on any atom is 0.354 e. The van der Waals surface area contributed by atoms with E-state index in [4.69, 9.17) is 46.7 Å². The van der Waals surface area contributed by atoms with Crippen LogP contribution >= 0.6 is 0 Å². The van der Waals surface area contributed by atoms with Crippen LogP contribution in [-0.4, -0.2) is 164 Å². The molecule has 3 aromatic rings. The van der Waals surface area contributed by atoms with Crippen LogP contribution in [0.15, 0.2) is 33.4 Å². The second-order valence-electron chi connectivity index (χ2n) is 10.9. The number of nitrogen functional groups attached to an aromatic ring is 3. The molecule has 0 amide bonds. The molecule has 3 aliphatic heterocycles. The fourth-order valence-corrected chi connectivity index (χ4v) is 4.92. The zero-order valence-corrected chi connectivity index (χ0v) is 26.0. The van der Waals surface area contributed by atoms with E-state index >= 15 is 0 Å². The van der Waals surface area contributed by atoms with E-state index < -0.39 is 111 Å². The van der Waals surface area contributed by atoms with Crippen molar-refractivity contribution in [1.29, 1.82) is 0 Å². The largest absolute Gasteiger partial charge is 0.394 e. The van der Waals surface area contributed by atoms with Gasteiger partial charge in [0.1, 0.15) is 73.9 Å². The average Bonchev–Trinajstić information content (AvgIpc) is 3.66. The van der Waals surface area contributed by atoms with Crippen LogP contribution < -0.4 is 34.3 Å². The van der Waals surface area contributed by atoms with Gasteiger partial charge in [0.15, 0.2) is 18.7 Å². The van der Waals surface area contributed by atoms with Crippen LogP contribution in [0.3, 0.4) is 0 Å². The summed E-state index contributed by atoms with van der Waals surface area (Å²) in [6.45, 7) is -1.42. The molecular formula is C24H36N12O15. The smallest absolute Gasteiger partial charge is 0.354 e. The summed E-state index contributed by atoms with van der Waals surface area (Å²) in [6, 6.07) is 0. The third-order valence-corrected chi connectivity index (χ3v) is 7.61. The fraction of sp³-hybridized carbons (Fsp3) is 0.625. The second-order valence-corrected chi connectivity index (χ2v) is 10.9. The number of aliphatic hydroxyl groups is 9. The molecule has 3 aliphatic rings. The number of nitrogens with two attached hydrogens (primary N) is 3. The molecule has 0 saturated carbocycles. The van der Waals surface area contributed by atoms with Crippen LogP contribution in [-0.2, 0) is 14.2 Å². The van der Waals surface area contributed by atoms with Crippen molar-refractivity contribution in [2.24, 2.45) is 0 Å². The molecule has 51 heavy (non-hydrogen) atoms. The maximum atomic E-state index is 11.5. The van der Waals surface area contributed by atoms with Crippen molar-refractivity contribution in [3.05, 3.63) is 50.4 Å². The molecule has 0 aliphatic carbocycles. The number of aliphatic hydroxyl groups excluding tert-OH is 9. The lowest BCUT2D eigenvalue weighted by molar-refractivity contribution is -0.0554. The van der Waals surface area contributed by atoms with E-state index in [-0.39, 0.29) is 17.8 Å². The number of hydrogen-bond donors (Lipinski definition) is 12. The van der Waals surface area contributed by atoms with E-state index in [1.54, 1.807) is 0 Å². The summed E-state index contributed by atoms with van der Waals surface area (Å²) in [6.07, 6.45) is -11.0. The number of hydrogen-bond acceptors (Lipinski definition) is 24. The third kappa shape index (κ3) is 8.46. The van der Waals surface area contributed by atoms with Crippen molar-refractivity contribution < 1.29 is 60.2 Å². The lowest BCUT2D eigenvalue weighted by Crippen LogP contribution is -2.36. The van der Waals surface area contributed by atoms with E-state index in [1.165, 1.54) is 0 Å². The van der Waals surface area contributed by atoms with Gasteiger partial charge in [-0.15, -0.1) is 0 Å². The molecule has 3 fully saturated rings. The van der Waals surface area contributed by atoms with Crippen molar-refractivity contribution in [2.45, 2.75) is 73.6 Å². The summed E-state index contributed by atoms with van der Waals surface area (Å²) < 4.78 is 18.1. The molecule has 0 aromatic carbocycles. The summed E-state index contributed by atoms with van der Waals surface area (Å²) in [5, 5.41) is 84.3. The Morgan fingerprint density at radius 1 is 0.490 bits per heavy atom. The Morgan fingerprint density at radius 3 is 0.902 bits per heavy atom. The molecule has 0 radical (unpaired) electrons. The predicted molar refractivity (Wildman–Crippen MR) is 161 cm³/mol. The molecule has 27 heteroatoms. The van der Waals surface area contributed by atoms with Gasteiger partial charge in [0.25, 0.3) is 0 Å². The van der Waals surface area contributed by atoms with Gasteiger partial charge in [0, 0.05) is 0 Å². The molecule has 3 saturated heterocycles. The number of nitrogens with zero attached hydrogens (tertiary/aromatic N) is 9. The lowest BCUT2D eigenvalue weighted by Gasteiger charge is -2.16. The first-order chi connectivity index (χ1) is 24.1. The van der Waals surface area contributed by atoms with Crippen LogP contribution in [0.25, 0.3) is 0 Å². The highest BCUT2D eigenvalue weighted by atomic mass is 16.6. The highest BCUT2D eigenvalue weighted by Gasteiger charge is 2.45. The third-order valence-electron chi connectivity index (χ3n) is 7.61. The molecule has 15 N–H and O–H groups in total. The number of ether oxygens (including phenoxy) is 3. The first kappa shape index (κ1) is 39.1. The van der Waals surface area contributed by atoms with E-state index in [2.05, 4.69) is 29.9 Å². The minimum atomic E-state index is -1.35. The van der Waals surface area contributed by atoms with Crippen LogP contribution in [0.4, 0.5) is 17.8 Å². The molecular weight excluding hydrogens is 696 g/mol. The van der Waals surface area contributed by atoms with Gasteiger partial charge < -0.3 is 77.4 Å². The Kier molecular flexibility index (Phi) is 12.7. The first-order valence-electron chi connectivity index (χ1n) is 14.6. The molecule has 12 atom stereocenters. The Labute approximate surface area is 283 Å². The number of aromatic nitrogens is 9. The molecule has 6 heterocycles. The topological polar surface area (TPSA) is 431 Å². The summed E-state index contributed by atoms with van der Waals surface area (Å²) in [5.74, 6) is -0.589. The summed E-state index contributed by atoms with van der Waals surface area (Å²) in [4.78, 5) is 55.3. The van der Waals surface area contributed by atoms with Gasteiger partial charge in [0.2, 0.25) is 17.8 Å². The first-order valence-corrected chi connectivity index (χ1v) is 14.6. The molecule has 282 valence electrons. The molecule has 3 unspecified atom stereocenters. The normalized spacial score (nSPS) is 32.9. The minimum Gasteiger partial charge on any atom is -0.394 e. The Hall–Kier alpha value is -4.65. The Balaban J connectivity index is 0.000000172. The van der Waals surface area contributed by atoms with Gasteiger partial charge in [-0.2, -0.15) is 15.0 Å². The summed E-state index contributed by atoms with van der Waals surface area (Å²) in [5.41, 5.74) is 13.4. The van der Waals surface area contributed by atoms with Crippen molar-refractivity contribution in [2.75, 3.05) is 37.0 Å². The predicted octanol–water partition coefficient (Wildman–Crippen LogP) is -9.50. The van der Waals surface area contributed by atoms with E-state index in [9.17, 15) is 45.0 Å². The standard InChI is InChI=1S/3C8H12N4O5/c3*9-7-10-2-12(8(16)11-7)6-5(15)4(14)3(1-13)17-6/h3*2-6,13-15H,1H2,(H2,9,11,16)/t3*3-,4+,5?,6-/m111/s1. The maximum absolute atomic E-state index is 11.5. The van der Waals surface area contributed by atoms with Gasteiger partial charge in [-0.25, -0.2) is 29.3 Å². The quantitative estimate of drug-likeness (QED) is 0.112. The van der Waals surface area contributed by atoms with Crippen molar-refractivity contribution in [3.8, 4) is 0 Å². The average molecular weight is 733 g/mol. The fourth-order valence-electron chi connectivity index (χ4n) is 4.92. The van der Waals surface area contributed by atoms with E-state index in [0.29, 0.717) is 0 Å². The van der Waals surface area contributed by atoms with Gasteiger partial charge in [-0.3, -0.25) is 13.7 Å². The second kappa shape index (κ2) is 16.6. The molecule has 0 bridgehead atoms. The lowest BCUT2D eigenvalue weighted by atomic mass is 10.1. The highest BCUT2D eigenvalue weighted by Crippen LogP contribution is 2.29. The molecule has 3 aromatic heterocycles. The minimum absolute atomic E-state index is 0.196. The zero-order chi connectivity index (χ0) is 37.7. The van der Waals surface area contributed by atoms with Crippen molar-refractivity contribution in [3.63, 3.8) is 0 Å². The SMILES string of the molecule is Nc1ncn([C@@H]2O[C@H](CO)[C@H](O)C2O)c(=O)n1.Nc1ncn([C@@H]2O[C@H](CO)[C@H](O)C2O)c(=O)n1.Nc1ncn([C@@H]2O[C@H](CO)[C@H](O)C2O)c(=O)n1. The zero-order valence-electron chi connectivity index (χ0n) is 26.0. The molecule has 0 spiro atoms. The van der Waals surface area contributed by atoms with E-state index in [0.717, 1.165) is 32.7 Å². The summed E-state index contributed by atoms with van der Waals surface area (Å²) in [7, 11) is 0. The Bertz CT molecular complexity index is 1590. The van der Waals surface area contributed by atoms with Crippen LogP contribution in [0.5, 0.6) is 0 Å². The molecule has 27 nitrogen and oxygen atoms in total. The molecule has 6 rings (SSSR count). The van der Waals surface area contributed by atoms with Crippen LogP contribution in [0, 0.1) is 0 Å². The van der Waals surface area contributed by atoms with Crippen molar-refractivity contribution in [1.82, 2.24) is 43.6 Å². The van der Waals surface area contributed by atoms with Gasteiger partial charge in [0.05, 0.1) is 19.8 Å². The number of anilines is 3. The van der Waals surface area contributed by atoms with Gasteiger partial charge in [-0.05, 0) is 0 Å². The van der Waals surface area contributed by atoms with Gasteiger partial charge in [-0.1, -0.05) is 0 Å². The number of rotatable bonds is 6. The monoisotopic (exact) mass is 732 g/mol. The van der Waals surface area contributed by atoms with Crippen LogP contribution in [0.2, 0.25) is 0 Å². The Morgan fingerprint density at radius 2 is 0.725 bits per heavy atom. The van der Waals surface area contributed by atoms with E-state index in [1.807, 2.05) is 0 Å². The highest BCUT2D eigenvalue weighted by molar-refractivity contribution is 5.11. The summed E-state index contributed by atoms with van der Waals surface area (Å²) >= 11 is 0. The van der Waals surface area contributed by atoms with Crippen LogP contribution in [0.1, 0.15) is 18.7 Å².